The summed E-state index contributed by atoms with van der Waals surface area (Å²) in [5.41, 5.74) is -0.740. The van der Waals surface area contributed by atoms with Crippen LogP contribution in [0.2, 0.25) is 5.02 Å². The fourth-order valence-electron chi connectivity index (χ4n) is 3.87. The van der Waals surface area contributed by atoms with Gasteiger partial charge in [-0.15, -0.1) is 0 Å². The lowest BCUT2D eigenvalue weighted by molar-refractivity contribution is -0.185. The van der Waals surface area contributed by atoms with E-state index in [2.05, 4.69) is 10.1 Å². The molecule has 0 spiro atoms. The molecule has 2 aliphatic rings. The summed E-state index contributed by atoms with van der Waals surface area (Å²) in [7, 11) is 0. The van der Waals surface area contributed by atoms with Crippen molar-refractivity contribution in [2.24, 2.45) is 0 Å². The number of ether oxygens (including phenoxy) is 3. The van der Waals surface area contributed by atoms with Gasteiger partial charge in [-0.05, 0) is 46.1 Å². The predicted molar refractivity (Wildman–Crippen MR) is 110 cm³/mol. The van der Waals surface area contributed by atoms with E-state index in [1.54, 1.807) is 17.2 Å². The van der Waals surface area contributed by atoms with Gasteiger partial charge < -0.3 is 19.2 Å². The van der Waals surface area contributed by atoms with Crippen LogP contribution in [0.25, 0.3) is 5.52 Å². The molecule has 0 radical (unpaired) electrons. The maximum absolute atomic E-state index is 12.9. The number of halogens is 1. The summed E-state index contributed by atoms with van der Waals surface area (Å²) in [5.74, 6) is 0.362. The molecule has 4 rings (SSSR count). The first kappa shape index (κ1) is 21.1. The van der Waals surface area contributed by atoms with Crippen molar-refractivity contribution in [1.82, 2.24) is 19.5 Å². The van der Waals surface area contributed by atoms with Crippen molar-refractivity contribution in [2.75, 3.05) is 13.2 Å². The number of nitrogens with one attached hydrogen (secondary N) is 1. The summed E-state index contributed by atoms with van der Waals surface area (Å²) in [5, 5.41) is 4.81. The van der Waals surface area contributed by atoms with Crippen LogP contribution >= 0.6 is 11.6 Å². The van der Waals surface area contributed by atoms with Crippen LogP contribution in [0.5, 0.6) is 0 Å². The summed E-state index contributed by atoms with van der Waals surface area (Å²) in [6, 6.07) is 1.11. The van der Waals surface area contributed by atoms with Gasteiger partial charge in [-0.2, -0.15) is 5.10 Å². The summed E-state index contributed by atoms with van der Waals surface area (Å²) < 4.78 is 18.8. The minimum Gasteiger partial charge on any atom is -0.444 e. The van der Waals surface area contributed by atoms with E-state index in [0.29, 0.717) is 30.4 Å². The molecule has 0 saturated carbocycles. The van der Waals surface area contributed by atoms with Gasteiger partial charge >= 0.3 is 6.09 Å². The van der Waals surface area contributed by atoms with E-state index in [4.69, 9.17) is 25.8 Å². The minimum absolute atomic E-state index is 0.250. The SMILES string of the molecule is CC(C)(C)OC(=O)N1C[C@H](OC2CCCCO2)C[C@H]1c1nn2ccc(Cl)c2c(=O)[nH]1. The Morgan fingerprint density at radius 3 is 2.87 bits per heavy atom. The molecule has 1 unspecified atom stereocenters. The van der Waals surface area contributed by atoms with E-state index in [1.807, 2.05) is 20.8 Å². The molecule has 0 bridgehead atoms. The summed E-state index contributed by atoms with van der Waals surface area (Å²) in [4.78, 5) is 29.8. The predicted octanol–water partition coefficient (Wildman–Crippen LogP) is 3.27. The molecule has 2 fully saturated rings. The Bertz CT molecular complexity index is 976. The van der Waals surface area contributed by atoms with Gasteiger partial charge in [-0.3, -0.25) is 9.69 Å². The zero-order valence-corrected chi connectivity index (χ0v) is 18.1. The van der Waals surface area contributed by atoms with Gasteiger partial charge in [0, 0.05) is 19.2 Å². The molecular weight excluding hydrogens is 412 g/mol. The fraction of sp³-hybridized carbons (Fsp3) is 0.650. The number of rotatable bonds is 3. The molecule has 3 atom stereocenters. The Hall–Kier alpha value is -2.10. The van der Waals surface area contributed by atoms with E-state index in [1.165, 1.54) is 4.52 Å². The summed E-state index contributed by atoms with van der Waals surface area (Å²) in [6.07, 6.45) is 4.00. The number of aromatic amines is 1. The molecule has 2 aliphatic heterocycles. The number of amides is 1. The van der Waals surface area contributed by atoms with E-state index in [9.17, 15) is 9.59 Å². The molecule has 1 amide bonds. The lowest BCUT2D eigenvalue weighted by atomic mass is 10.1. The molecule has 4 heterocycles. The standard InChI is InChI=1S/C20H27ClN4O5/c1-20(2,3)30-19(27)24-11-12(29-15-6-4-5-9-28-15)10-14(24)17-22-18(26)16-13(21)7-8-25(16)23-17/h7-8,12,14-15H,4-6,9-11H2,1-3H3,(H,22,23,26)/t12-,14+,15?/m1/s1. The van der Waals surface area contributed by atoms with Crippen molar-refractivity contribution < 1.29 is 19.0 Å². The third kappa shape index (κ3) is 4.48. The maximum Gasteiger partial charge on any atom is 0.411 e. The third-order valence-corrected chi connectivity index (χ3v) is 5.48. The average Bonchev–Trinajstić information content (AvgIpc) is 3.25. The van der Waals surface area contributed by atoms with Crippen LogP contribution in [-0.2, 0) is 14.2 Å². The van der Waals surface area contributed by atoms with Crippen LogP contribution in [0.4, 0.5) is 4.79 Å². The second kappa shape index (κ2) is 8.20. The Balaban J connectivity index is 1.61. The van der Waals surface area contributed by atoms with Crippen LogP contribution in [0, 0.1) is 0 Å². The summed E-state index contributed by atoms with van der Waals surface area (Å²) in [6.45, 7) is 6.44. The number of nitrogens with zero attached hydrogens (tertiary/aromatic N) is 3. The molecule has 0 aromatic carbocycles. The number of hydrogen-bond acceptors (Lipinski definition) is 6. The van der Waals surface area contributed by atoms with Crippen LogP contribution in [0.1, 0.15) is 58.3 Å². The molecule has 164 valence electrons. The first-order chi connectivity index (χ1) is 14.2. The Kier molecular flexibility index (Phi) is 5.78. The van der Waals surface area contributed by atoms with Gasteiger partial charge in [0.05, 0.1) is 23.7 Å². The highest BCUT2D eigenvalue weighted by Gasteiger charge is 2.41. The van der Waals surface area contributed by atoms with E-state index >= 15 is 0 Å². The van der Waals surface area contributed by atoms with Crippen molar-refractivity contribution in [3.8, 4) is 0 Å². The Morgan fingerprint density at radius 1 is 1.37 bits per heavy atom. The zero-order valence-electron chi connectivity index (χ0n) is 17.4. The lowest BCUT2D eigenvalue weighted by Crippen LogP contribution is -2.38. The molecule has 1 N–H and O–H groups in total. The van der Waals surface area contributed by atoms with Crippen molar-refractivity contribution in [3.05, 3.63) is 33.5 Å². The highest BCUT2D eigenvalue weighted by molar-refractivity contribution is 6.33. The monoisotopic (exact) mass is 438 g/mol. The van der Waals surface area contributed by atoms with Crippen molar-refractivity contribution >= 4 is 23.2 Å². The minimum atomic E-state index is -0.647. The zero-order chi connectivity index (χ0) is 21.5. The number of fused-ring (bicyclic) bond motifs is 1. The molecule has 2 aromatic heterocycles. The maximum atomic E-state index is 12.9. The van der Waals surface area contributed by atoms with E-state index in [-0.39, 0.29) is 23.5 Å². The highest BCUT2D eigenvalue weighted by atomic mass is 35.5. The second-order valence-corrected chi connectivity index (χ2v) is 9.14. The van der Waals surface area contributed by atoms with Gasteiger partial charge in [-0.1, -0.05) is 11.6 Å². The van der Waals surface area contributed by atoms with Gasteiger partial charge in [0.25, 0.3) is 5.56 Å². The number of likely N-dealkylation sites (tertiary alicyclic amines) is 1. The van der Waals surface area contributed by atoms with Gasteiger partial charge in [0.2, 0.25) is 0 Å². The first-order valence-electron chi connectivity index (χ1n) is 10.2. The number of hydrogen-bond donors (Lipinski definition) is 1. The van der Waals surface area contributed by atoms with E-state index in [0.717, 1.165) is 19.3 Å². The normalized spacial score (nSPS) is 25.1. The summed E-state index contributed by atoms with van der Waals surface area (Å²) >= 11 is 6.07. The average molecular weight is 439 g/mol. The number of aromatic nitrogens is 3. The fourth-order valence-corrected chi connectivity index (χ4v) is 4.10. The molecule has 2 saturated heterocycles. The van der Waals surface area contributed by atoms with Crippen LogP contribution in [-0.4, -0.2) is 56.7 Å². The van der Waals surface area contributed by atoms with Gasteiger partial charge in [-0.25, -0.2) is 9.31 Å². The second-order valence-electron chi connectivity index (χ2n) is 8.73. The first-order valence-corrected chi connectivity index (χ1v) is 10.6. The molecule has 9 nitrogen and oxygen atoms in total. The van der Waals surface area contributed by atoms with E-state index < -0.39 is 17.7 Å². The topological polar surface area (TPSA) is 98.2 Å². The van der Waals surface area contributed by atoms with Gasteiger partial charge in [0.15, 0.2) is 12.1 Å². The van der Waals surface area contributed by atoms with Crippen LogP contribution < -0.4 is 5.56 Å². The van der Waals surface area contributed by atoms with Crippen LogP contribution in [0.15, 0.2) is 17.1 Å². The molecule has 30 heavy (non-hydrogen) atoms. The smallest absolute Gasteiger partial charge is 0.411 e. The molecule has 0 aliphatic carbocycles. The number of carbonyl (C=O) groups excluding carboxylic acids is 1. The lowest BCUT2D eigenvalue weighted by Gasteiger charge is -2.28. The largest absolute Gasteiger partial charge is 0.444 e. The third-order valence-electron chi connectivity index (χ3n) is 5.18. The molecule has 2 aromatic rings. The van der Waals surface area contributed by atoms with Crippen molar-refractivity contribution in [1.29, 1.82) is 0 Å². The van der Waals surface area contributed by atoms with Crippen LogP contribution in [0.3, 0.4) is 0 Å². The number of carbonyl (C=O) groups is 1. The van der Waals surface area contributed by atoms with Crippen molar-refractivity contribution in [3.63, 3.8) is 0 Å². The number of H-pyrrole nitrogens is 1. The Labute approximate surface area is 179 Å². The highest BCUT2D eigenvalue weighted by Crippen LogP contribution is 2.34. The quantitative estimate of drug-likeness (QED) is 0.789. The Morgan fingerprint density at radius 2 is 2.17 bits per heavy atom. The molecular formula is C20H27ClN4O5. The van der Waals surface area contributed by atoms with Gasteiger partial charge in [0.1, 0.15) is 11.1 Å². The van der Waals surface area contributed by atoms with Crippen molar-refractivity contribution in [2.45, 2.75) is 70.5 Å². The molecule has 10 heteroatoms.